The molecule has 0 spiro atoms. The SMILES string of the molecule is C=CCC(O)C1CSCC1O. The topological polar surface area (TPSA) is 40.5 Å². The molecule has 3 unspecified atom stereocenters. The van der Waals surface area contributed by atoms with Gasteiger partial charge in [-0.1, -0.05) is 6.08 Å². The summed E-state index contributed by atoms with van der Waals surface area (Å²) < 4.78 is 0. The number of aliphatic hydroxyl groups excluding tert-OH is 2. The highest BCUT2D eigenvalue weighted by atomic mass is 32.2. The van der Waals surface area contributed by atoms with E-state index in [-0.39, 0.29) is 12.0 Å². The van der Waals surface area contributed by atoms with Crippen LogP contribution in [0.15, 0.2) is 12.7 Å². The zero-order chi connectivity index (χ0) is 8.27. The van der Waals surface area contributed by atoms with Crippen molar-refractivity contribution in [3.63, 3.8) is 0 Å². The third-order valence-corrected chi connectivity index (χ3v) is 3.19. The van der Waals surface area contributed by atoms with Crippen LogP contribution >= 0.6 is 11.8 Å². The zero-order valence-electron chi connectivity index (χ0n) is 6.44. The van der Waals surface area contributed by atoms with Gasteiger partial charge < -0.3 is 10.2 Å². The monoisotopic (exact) mass is 174 g/mol. The third kappa shape index (κ3) is 2.22. The van der Waals surface area contributed by atoms with Crippen LogP contribution in [0.2, 0.25) is 0 Å². The quantitative estimate of drug-likeness (QED) is 0.617. The van der Waals surface area contributed by atoms with Gasteiger partial charge in [0.15, 0.2) is 0 Å². The molecule has 1 saturated heterocycles. The average Bonchev–Trinajstić information content (AvgIpc) is 2.36. The molecular formula is C8H14O2S. The summed E-state index contributed by atoms with van der Waals surface area (Å²) >= 11 is 1.70. The van der Waals surface area contributed by atoms with Gasteiger partial charge in [-0.25, -0.2) is 0 Å². The fourth-order valence-electron chi connectivity index (χ4n) is 1.27. The molecule has 64 valence electrons. The van der Waals surface area contributed by atoms with E-state index < -0.39 is 6.10 Å². The van der Waals surface area contributed by atoms with E-state index in [4.69, 9.17) is 0 Å². The maximum atomic E-state index is 9.47. The van der Waals surface area contributed by atoms with E-state index in [0.29, 0.717) is 6.42 Å². The Morgan fingerprint density at radius 3 is 2.82 bits per heavy atom. The molecule has 2 nitrogen and oxygen atoms in total. The van der Waals surface area contributed by atoms with E-state index in [9.17, 15) is 10.2 Å². The number of hydrogen-bond donors (Lipinski definition) is 2. The molecule has 0 amide bonds. The first kappa shape index (κ1) is 9.10. The first-order valence-corrected chi connectivity index (χ1v) is 4.96. The maximum Gasteiger partial charge on any atom is 0.0691 e. The number of thioether (sulfide) groups is 1. The van der Waals surface area contributed by atoms with Gasteiger partial charge in [-0.2, -0.15) is 11.8 Å². The third-order valence-electron chi connectivity index (χ3n) is 2.00. The molecule has 3 heteroatoms. The fraction of sp³-hybridized carbons (Fsp3) is 0.750. The summed E-state index contributed by atoms with van der Waals surface area (Å²) in [6, 6.07) is 0. The number of aliphatic hydroxyl groups is 2. The second kappa shape index (κ2) is 4.14. The molecule has 0 bridgehead atoms. The Morgan fingerprint density at radius 1 is 1.64 bits per heavy atom. The van der Waals surface area contributed by atoms with Gasteiger partial charge in [0.2, 0.25) is 0 Å². The molecule has 1 fully saturated rings. The van der Waals surface area contributed by atoms with E-state index in [2.05, 4.69) is 6.58 Å². The molecule has 0 aromatic rings. The molecule has 0 saturated carbocycles. The van der Waals surface area contributed by atoms with Crippen molar-refractivity contribution in [2.75, 3.05) is 11.5 Å². The highest BCUT2D eigenvalue weighted by molar-refractivity contribution is 7.99. The maximum absolute atomic E-state index is 9.47. The molecule has 0 aromatic heterocycles. The lowest BCUT2D eigenvalue weighted by Gasteiger charge is -2.18. The van der Waals surface area contributed by atoms with E-state index in [1.54, 1.807) is 17.8 Å². The van der Waals surface area contributed by atoms with E-state index in [1.165, 1.54) is 0 Å². The molecule has 0 radical (unpaired) electrons. The van der Waals surface area contributed by atoms with Crippen molar-refractivity contribution in [1.29, 1.82) is 0 Å². The second-order valence-electron chi connectivity index (χ2n) is 2.86. The highest BCUT2D eigenvalue weighted by Gasteiger charge is 2.30. The Kier molecular flexibility index (Phi) is 3.43. The van der Waals surface area contributed by atoms with Crippen LogP contribution < -0.4 is 0 Å². The van der Waals surface area contributed by atoms with Gasteiger partial charge in [-0.3, -0.25) is 0 Å². The fourth-order valence-corrected chi connectivity index (χ4v) is 2.61. The van der Waals surface area contributed by atoms with Crippen LogP contribution in [-0.4, -0.2) is 33.9 Å². The Balaban J connectivity index is 2.38. The molecule has 1 heterocycles. The molecule has 2 N–H and O–H groups in total. The van der Waals surface area contributed by atoms with Gasteiger partial charge in [0, 0.05) is 17.4 Å². The summed E-state index contributed by atoms with van der Waals surface area (Å²) in [6.07, 6.45) is 1.55. The lowest BCUT2D eigenvalue weighted by molar-refractivity contribution is 0.0441. The van der Waals surface area contributed by atoms with Crippen molar-refractivity contribution < 1.29 is 10.2 Å². The van der Waals surface area contributed by atoms with Gasteiger partial charge in [0.1, 0.15) is 0 Å². The lowest BCUT2D eigenvalue weighted by atomic mass is 9.97. The molecule has 11 heavy (non-hydrogen) atoms. The van der Waals surface area contributed by atoms with Crippen LogP contribution in [0.3, 0.4) is 0 Å². The molecule has 1 aliphatic rings. The predicted octanol–water partition coefficient (Wildman–Crippen LogP) is 0.647. The molecule has 0 aromatic carbocycles. The Labute approximate surface area is 71.3 Å². The van der Waals surface area contributed by atoms with E-state index >= 15 is 0 Å². The van der Waals surface area contributed by atoms with Crippen molar-refractivity contribution in [2.45, 2.75) is 18.6 Å². The highest BCUT2D eigenvalue weighted by Crippen LogP contribution is 2.27. The normalized spacial score (nSPS) is 33.6. The second-order valence-corrected chi connectivity index (χ2v) is 3.94. The van der Waals surface area contributed by atoms with Gasteiger partial charge in [0.05, 0.1) is 12.2 Å². The average molecular weight is 174 g/mol. The van der Waals surface area contributed by atoms with E-state index in [0.717, 1.165) is 11.5 Å². The van der Waals surface area contributed by atoms with Crippen LogP contribution in [0.25, 0.3) is 0 Å². The van der Waals surface area contributed by atoms with Crippen LogP contribution in [0.4, 0.5) is 0 Å². The summed E-state index contributed by atoms with van der Waals surface area (Å²) in [4.78, 5) is 0. The minimum Gasteiger partial charge on any atom is -0.392 e. The minimum atomic E-state index is -0.405. The van der Waals surface area contributed by atoms with Crippen LogP contribution in [0.1, 0.15) is 6.42 Å². The summed E-state index contributed by atoms with van der Waals surface area (Å²) in [5.41, 5.74) is 0. The smallest absolute Gasteiger partial charge is 0.0691 e. The van der Waals surface area contributed by atoms with Crippen LogP contribution in [-0.2, 0) is 0 Å². The molecule has 1 rings (SSSR count). The summed E-state index contributed by atoms with van der Waals surface area (Å²) in [5, 5.41) is 18.8. The summed E-state index contributed by atoms with van der Waals surface area (Å²) in [7, 11) is 0. The predicted molar refractivity (Wildman–Crippen MR) is 47.6 cm³/mol. The van der Waals surface area contributed by atoms with Gasteiger partial charge in [-0.05, 0) is 6.42 Å². The largest absolute Gasteiger partial charge is 0.392 e. The zero-order valence-corrected chi connectivity index (χ0v) is 7.26. The van der Waals surface area contributed by atoms with Crippen molar-refractivity contribution in [1.82, 2.24) is 0 Å². The number of rotatable bonds is 3. The molecule has 1 aliphatic heterocycles. The Bertz CT molecular complexity index is 138. The van der Waals surface area contributed by atoms with Crippen molar-refractivity contribution >= 4 is 11.8 Å². The summed E-state index contributed by atoms with van der Waals surface area (Å²) in [5.74, 6) is 1.69. The van der Waals surface area contributed by atoms with E-state index in [1.807, 2.05) is 0 Å². The Hall–Kier alpha value is 0.01000. The van der Waals surface area contributed by atoms with Crippen molar-refractivity contribution in [3.8, 4) is 0 Å². The standard InChI is InChI=1S/C8H14O2S/c1-2-3-7(9)6-4-11-5-8(6)10/h2,6-10H,1,3-5H2. The molecule has 3 atom stereocenters. The van der Waals surface area contributed by atoms with Gasteiger partial charge >= 0.3 is 0 Å². The van der Waals surface area contributed by atoms with Crippen LogP contribution in [0.5, 0.6) is 0 Å². The first-order valence-electron chi connectivity index (χ1n) is 3.80. The van der Waals surface area contributed by atoms with Crippen molar-refractivity contribution in [2.24, 2.45) is 5.92 Å². The number of hydrogen-bond acceptors (Lipinski definition) is 3. The lowest BCUT2D eigenvalue weighted by Crippen LogP contribution is -2.29. The molecular weight excluding hydrogens is 160 g/mol. The minimum absolute atomic E-state index is 0.0537. The van der Waals surface area contributed by atoms with Crippen LogP contribution in [0, 0.1) is 5.92 Å². The van der Waals surface area contributed by atoms with Gasteiger partial charge in [0.25, 0.3) is 0 Å². The Morgan fingerprint density at radius 2 is 2.36 bits per heavy atom. The summed E-state index contributed by atoms with van der Waals surface area (Å²) in [6.45, 7) is 3.55. The van der Waals surface area contributed by atoms with Crippen molar-refractivity contribution in [3.05, 3.63) is 12.7 Å². The van der Waals surface area contributed by atoms with Gasteiger partial charge in [-0.15, -0.1) is 6.58 Å². The first-order chi connectivity index (χ1) is 5.25. The molecule has 0 aliphatic carbocycles.